The third-order valence-electron chi connectivity index (χ3n) is 1.85. The van der Waals surface area contributed by atoms with Crippen LogP contribution in [0.25, 0.3) is 0 Å². The van der Waals surface area contributed by atoms with Crippen LogP contribution in [0.15, 0.2) is 11.9 Å². The number of hydrazine groups is 1. The van der Waals surface area contributed by atoms with E-state index in [1.165, 1.54) is 19.0 Å². The van der Waals surface area contributed by atoms with Crippen LogP contribution in [0, 0.1) is 10.1 Å². The number of carboxylic acids is 1. The summed E-state index contributed by atoms with van der Waals surface area (Å²) in [6.45, 7) is 1.24. The molecule has 0 saturated heterocycles. The van der Waals surface area contributed by atoms with Crippen molar-refractivity contribution in [2.75, 3.05) is 7.05 Å². The van der Waals surface area contributed by atoms with E-state index >= 15 is 0 Å². The highest BCUT2D eigenvalue weighted by Gasteiger charge is 2.50. The second kappa shape index (κ2) is 2.70. The molecule has 1 atom stereocenters. The molecule has 1 aliphatic rings. The number of nitrogens with one attached hydrogen (secondary N) is 1. The third kappa shape index (κ3) is 1.33. The summed E-state index contributed by atoms with van der Waals surface area (Å²) in [6, 6.07) is 0. The van der Waals surface area contributed by atoms with Crippen molar-refractivity contribution in [1.82, 2.24) is 10.4 Å². The summed E-state index contributed by atoms with van der Waals surface area (Å²) >= 11 is 0. The number of nitro groups is 1. The maximum absolute atomic E-state index is 10.7. The molecular formula is C6H9N3O4. The molecule has 0 amide bonds. The number of hydrogen-bond acceptors (Lipinski definition) is 5. The van der Waals surface area contributed by atoms with Crippen molar-refractivity contribution in [2.24, 2.45) is 0 Å². The lowest BCUT2D eigenvalue weighted by Crippen LogP contribution is -2.52. The smallest absolute Gasteiger partial charge is 0.336 e. The fourth-order valence-electron chi connectivity index (χ4n) is 1.14. The van der Waals surface area contributed by atoms with Crippen molar-refractivity contribution < 1.29 is 14.8 Å². The van der Waals surface area contributed by atoms with E-state index < -0.39 is 16.4 Å². The minimum Gasteiger partial charge on any atom is -0.479 e. The summed E-state index contributed by atoms with van der Waals surface area (Å²) in [5.74, 6) is -1.28. The minimum absolute atomic E-state index is 0.373. The van der Waals surface area contributed by atoms with Crippen LogP contribution in [0.1, 0.15) is 6.92 Å². The molecule has 1 aliphatic heterocycles. The maximum Gasteiger partial charge on any atom is 0.336 e. The number of aliphatic carboxylic acids is 1. The van der Waals surface area contributed by atoms with E-state index in [0.29, 0.717) is 0 Å². The maximum atomic E-state index is 10.7. The van der Waals surface area contributed by atoms with Gasteiger partial charge in [0.25, 0.3) is 5.70 Å². The number of hydrogen-bond donors (Lipinski definition) is 2. The van der Waals surface area contributed by atoms with Gasteiger partial charge in [0.05, 0.1) is 11.1 Å². The quantitative estimate of drug-likeness (QED) is 0.442. The SMILES string of the molecule is CN1C=C([N+](=O)[O-])C(C)(C(=O)O)N1. The number of carboxylic acid groups (broad SMARTS) is 1. The molecule has 0 aliphatic carbocycles. The molecule has 13 heavy (non-hydrogen) atoms. The molecule has 0 aromatic heterocycles. The lowest BCUT2D eigenvalue weighted by atomic mass is 10.0. The summed E-state index contributed by atoms with van der Waals surface area (Å²) in [5, 5.41) is 20.5. The van der Waals surface area contributed by atoms with Gasteiger partial charge in [-0.3, -0.25) is 10.1 Å². The predicted molar refractivity (Wildman–Crippen MR) is 42.0 cm³/mol. The van der Waals surface area contributed by atoms with Gasteiger partial charge in [0.1, 0.15) is 0 Å². The molecule has 2 N–H and O–H groups in total. The van der Waals surface area contributed by atoms with Crippen LogP contribution in [0.5, 0.6) is 0 Å². The van der Waals surface area contributed by atoms with Crippen LogP contribution in [0.4, 0.5) is 0 Å². The number of nitrogens with zero attached hydrogens (tertiary/aromatic N) is 2. The van der Waals surface area contributed by atoms with Crippen LogP contribution in [-0.2, 0) is 4.79 Å². The Labute approximate surface area is 73.8 Å². The molecule has 1 heterocycles. The Hall–Kier alpha value is -1.63. The van der Waals surface area contributed by atoms with Gasteiger partial charge < -0.3 is 10.1 Å². The standard InChI is InChI=1S/C6H9N3O4/c1-6(5(10)11)4(9(12)13)3-8(2)7-6/h3,7H,1-2H3,(H,10,11). The van der Waals surface area contributed by atoms with Crippen molar-refractivity contribution in [3.05, 3.63) is 22.0 Å². The summed E-state index contributed by atoms with van der Waals surface area (Å²) in [5.41, 5.74) is 0.447. The Morgan fingerprint density at radius 2 is 2.38 bits per heavy atom. The van der Waals surface area contributed by atoms with Crippen LogP contribution in [0.3, 0.4) is 0 Å². The lowest BCUT2D eigenvalue weighted by molar-refractivity contribution is -0.432. The van der Waals surface area contributed by atoms with E-state index in [-0.39, 0.29) is 5.70 Å². The highest BCUT2D eigenvalue weighted by Crippen LogP contribution is 2.23. The fraction of sp³-hybridized carbons (Fsp3) is 0.500. The minimum atomic E-state index is -1.64. The van der Waals surface area contributed by atoms with Gasteiger partial charge in [-0.1, -0.05) is 0 Å². The first-order valence-electron chi connectivity index (χ1n) is 3.48. The average molecular weight is 187 g/mol. The Morgan fingerprint density at radius 3 is 2.69 bits per heavy atom. The molecule has 0 bridgehead atoms. The normalized spacial score (nSPS) is 27.2. The first-order chi connectivity index (χ1) is 5.88. The van der Waals surface area contributed by atoms with Gasteiger partial charge in [0.15, 0.2) is 0 Å². The van der Waals surface area contributed by atoms with Crippen molar-refractivity contribution in [1.29, 1.82) is 0 Å². The first-order valence-corrected chi connectivity index (χ1v) is 3.48. The van der Waals surface area contributed by atoms with E-state index in [0.717, 1.165) is 6.20 Å². The summed E-state index contributed by atoms with van der Waals surface area (Å²) in [7, 11) is 1.50. The van der Waals surface area contributed by atoms with Gasteiger partial charge in [0, 0.05) is 7.05 Å². The van der Waals surface area contributed by atoms with Gasteiger partial charge in [-0.05, 0) is 6.92 Å². The zero-order valence-corrected chi connectivity index (χ0v) is 7.14. The van der Waals surface area contributed by atoms with E-state index in [2.05, 4.69) is 5.43 Å². The molecule has 0 aromatic carbocycles. The molecule has 0 fully saturated rings. The van der Waals surface area contributed by atoms with E-state index in [1.54, 1.807) is 0 Å². The van der Waals surface area contributed by atoms with E-state index in [1.807, 2.05) is 0 Å². The molecule has 0 radical (unpaired) electrons. The third-order valence-corrected chi connectivity index (χ3v) is 1.85. The number of rotatable bonds is 2. The summed E-state index contributed by atoms with van der Waals surface area (Å²) in [6.07, 6.45) is 1.15. The van der Waals surface area contributed by atoms with Crippen LogP contribution in [-0.4, -0.2) is 33.6 Å². The van der Waals surface area contributed by atoms with Crippen molar-refractivity contribution in [2.45, 2.75) is 12.5 Å². The van der Waals surface area contributed by atoms with Crippen LogP contribution >= 0.6 is 0 Å². The molecule has 7 nitrogen and oxygen atoms in total. The van der Waals surface area contributed by atoms with Gasteiger partial charge in [-0.2, -0.15) is 0 Å². The highest BCUT2D eigenvalue weighted by molar-refractivity contribution is 5.82. The average Bonchev–Trinajstić information content (AvgIpc) is 2.27. The topological polar surface area (TPSA) is 95.7 Å². The molecule has 0 aromatic rings. The fourth-order valence-corrected chi connectivity index (χ4v) is 1.14. The Bertz CT molecular complexity index is 300. The Morgan fingerprint density at radius 1 is 1.85 bits per heavy atom. The Kier molecular flexibility index (Phi) is 1.96. The summed E-state index contributed by atoms with van der Waals surface area (Å²) in [4.78, 5) is 20.5. The zero-order chi connectivity index (χ0) is 10.2. The Balaban J connectivity index is 3.09. The molecule has 0 spiro atoms. The van der Waals surface area contributed by atoms with E-state index in [4.69, 9.17) is 5.11 Å². The largest absolute Gasteiger partial charge is 0.479 e. The highest BCUT2D eigenvalue weighted by atomic mass is 16.6. The molecule has 7 heteroatoms. The lowest BCUT2D eigenvalue weighted by Gasteiger charge is -2.19. The molecule has 0 saturated carbocycles. The van der Waals surface area contributed by atoms with Crippen LogP contribution < -0.4 is 5.43 Å². The van der Waals surface area contributed by atoms with Gasteiger partial charge in [-0.25, -0.2) is 10.2 Å². The van der Waals surface area contributed by atoms with Gasteiger partial charge >= 0.3 is 5.97 Å². The second-order valence-electron chi connectivity index (χ2n) is 2.92. The van der Waals surface area contributed by atoms with Crippen molar-refractivity contribution in [3.63, 3.8) is 0 Å². The van der Waals surface area contributed by atoms with E-state index in [9.17, 15) is 14.9 Å². The summed E-state index contributed by atoms with van der Waals surface area (Å²) < 4.78 is 0. The van der Waals surface area contributed by atoms with Crippen molar-refractivity contribution >= 4 is 5.97 Å². The molecular weight excluding hydrogens is 178 g/mol. The van der Waals surface area contributed by atoms with Crippen LogP contribution in [0.2, 0.25) is 0 Å². The molecule has 72 valence electrons. The second-order valence-corrected chi connectivity index (χ2v) is 2.92. The molecule has 1 unspecified atom stereocenters. The van der Waals surface area contributed by atoms with Gasteiger partial charge in [0.2, 0.25) is 5.54 Å². The number of carbonyl (C=O) groups is 1. The molecule has 1 rings (SSSR count). The first kappa shape index (κ1) is 9.46. The monoisotopic (exact) mass is 187 g/mol. The predicted octanol–water partition coefficient (Wildman–Crippen LogP) is -0.602. The van der Waals surface area contributed by atoms with Gasteiger partial charge in [-0.15, -0.1) is 0 Å². The van der Waals surface area contributed by atoms with Crippen molar-refractivity contribution in [3.8, 4) is 0 Å². The zero-order valence-electron chi connectivity index (χ0n) is 7.14.